The van der Waals surface area contributed by atoms with Crippen LogP contribution in [0.1, 0.15) is 29.8 Å². The summed E-state index contributed by atoms with van der Waals surface area (Å²) in [5.74, 6) is -0.939. The molecule has 0 unspecified atom stereocenters. The Kier molecular flexibility index (Phi) is 2.15. The minimum absolute atomic E-state index is 0.119. The third kappa shape index (κ3) is 1.74. The molecular formula is C12H12O4. The SMILES string of the molecule is CC1(C)C=Cc2cc(C(=O)O)c(O)cc2O1. The van der Waals surface area contributed by atoms with Gasteiger partial charge in [0.1, 0.15) is 22.7 Å². The molecule has 0 saturated carbocycles. The van der Waals surface area contributed by atoms with E-state index >= 15 is 0 Å². The van der Waals surface area contributed by atoms with Crippen LogP contribution in [0, 0.1) is 0 Å². The van der Waals surface area contributed by atoms with Gasteiger partial charge in [0.15, 0.2) is 0 Å². The van der Waals surface area contributed by atoms with Crippen LogP contribution in [-0.4, -0.2) is 21.8 Å². The molecule has 0 aliphatic carbocycles. The Morgan fingerprint density at radius 2 is 2.06 bits per heavy atom. The molecule has 0 bridgehead atoms. The lowest BCUT2D eigenvalue weighted by atomic mass is 10.0. The maximum atomic E-state index is 10.8. The zero-order valence-corrected chi connectivity index (χ0v) is 9.02. The first-order chi connectivity index (χ1) is 7.39. The summed E-state index contributed by atoms with van der Waals surface area (Å²) >= 11 is 0. The molecule has 2 rings (SSSR count). The highest BCUT2D eigenvalue weighted by Gasteiger charge is 2.24. The quantitative estimate of drug-likeness (QED) is 0.761. The summed E-state index contributed by atoms with van der Waals surface area (Å²) in [7, 11) is 0. The molecule has 2 N–H and O–H groups in total. The Balaban J connectivity index is 2.54. The monoisotopic (exact) mass is 220 g/mol. The molecular weight excluding hydrogens is 208 g/mol. The lowest BCUT2D eigenvalue weighted by Crippen LogP contribution is -2.27. The van der Waals surface area contributed by atoms with Gasteiger partial charge in [-0.3, -0.25) is 0 Å². The standard InChI is InChI=1S/C12H12O4/c1-12(2)4-3-7-5-8(11(14)15)9(13)6-10(7)16-12/h3-6,13H,1-2H3,(H,14,15). The number of hydrogen-bond donors (Lipinski definition) is 2. The molecule has 1 aromatic rings. The Labute approximate surface area is 92.8 Å². The van der Waals surface area contributed by atoms with Gasteiger partial charge < -0.3 is 14.9 Å². The van der Waals surface area contributed by atoms with Crippen molar-refractivity contribution in [1.82, 2.24) is 0 Å². The van der Waals surface area contributed by atoms with Gasteiger partial charge in [-0.25, -0.2) is 4.79 Å². The fourth-order valence-electron chi connectivity index (χ4n) is 1.58. The van der Waals surface area contributed by atoms with Gasteiger partial charge in [-0.1, -0.05) is 6.08 Å². The lowest BCUT2D eigenvalue weighted by molar-refractivity contribution is 0.0693. The van der Waals surface area contributed by atoms with Crippen LogP contribution in [0.4, 0.5) is 0 Å². The third-order valence-electron chi connectivity index (χ3n) is 2.40. The van der Waals surface area contributed by atoms with Crippen LogP contribution in [0.15, 0.2) is 18.2 Å². The molecule has 0 spiro atoms. The molecule has 0 saturated heterocycles. The van der Waals surface area contributed by atoms with Crippen molar-refractivity contribution in [3.63, 3.8) is 0 Å². The number of carboxylic acids is 1. The second kappa shape index (κ2) is 3.27. The van der Waals surface area contributed by atoms with Crippen LogP contribution in [0.5, 0.6) is 11.5 Å². The molecule has 4 nitrogen and oxygen atoms in total. The van der Waals surface area contributed by atoms with Gasteiger partial charge in [-0.05, 0) is 26.0 Å². The number of carbonyl (C=O) groups is 1. The highest BCUT2D eigenvalue weighted by Crippen LogP contribution is 2.35. The number of aromatic hydroxyl groups is 1. The lowest BCUT2D eigenvalue weighted by Gasteiger charge is -2.28. The zero-order chi connectivity index (χ0) is 11.9. The number of phenols is 1. The predicted octanol–water partition coefficient (Wildman–Crippen LogP) is 2.27. The van der Waals surface area contributed by atoms with Crippen molar-refractivity contribution in [3.05, 3.63) is 29.3 Å². The van der Waals surface area contributed by atoms with Crippen molar-refractivity contribution < 1.29 is 19.7 Å². The molecule has 0 amide bonds. The van der Waals surface area contributed by atoms with E-state index in [0.717, 1.165) is 0 Å². The van der Waals surface area contributed by atoms with E-state index in [1.54, 1.807) is 6.08 Å². The number of hydrogen-bond acceptors (Lipinski definition) is 3. The van der Waals surface area contributed by atoms with Crippen LogP contribution in [0.2, 0.25) is 0 Å². The first kappa shape index (κ1) is 10.5. The van der Waals surface area contributed by atoms with Crippen LogP contribution < -0.4 is 4.74 Å². The van der Waals surface area contributed by atoms with E-state index in [9.17, 15) is 9.90 Å². The van der Waals surface area contributed by atoms with Gasteiger partial charge in [0, 0.05) is 11.6 Å². The Morgan fingerprint density at radius 1 is 1.38 bits per heavy atom. The first-order valence-corrected chi connectivity index (χ1v) is 4.87. The van der Waals surface area contributed by atoms with Crippen molar-refractivity contribution in [1.29, 1.82) is 0 Å². The molecule has 1 aliphatic heterocycles. The van der Waals surface area contributed by atoms with Crippen LogP contribution in [0.25, 0.3) is 6.08 Å². The summed E-state index contributed by atoms with van der Waals surface area (Å²) in [6.07, 6.45) is 3.64. The van der Waals surface area contributed by atoms with Gasteiger partial charge in [0.25, 0.3) is 0 Å². The number of carboxylic acid groups (broad SMARTS) is 1. The van der Waals surface area contributed by atoms with Crippen molar-refractivity contribution in [2.45, 2.75) is 19.4 Å². The normalized spacial score (nSPS) is 16.4. The second-order valence-electron chi connectivity index (χ2n) is 4.25. The molecule has 4 heteroatoms. The number of benzene rings is 1. The smallest absolute Gasteiger partial charge is 0.339 e. The van der Waals surface area contributed by atoms with Gasteiger partial charge in [-0.15, -0.1) is 0 Å². The minimum Gasteiger partial charge on any atom is -0.507 e. The molecule has 0 atom stereocenters. The molecule has 1 aliphatic rings. The Hall–Kier alpha value is -1.97. The van der Waals surface area contributed by atoms with Gasteiger partial charge >= 0.3 is 5.97 Å². The highest BCUT2D eigenvalue weighted by atomic mass is 16.5. The molecule has 1 aromatic carbocycles. The molecule has 84 valence electrons. The van der Waals surface area contributed by atoms with Crippen molar-refractivity contribution in [2.75, 3.05) is 0 Å². The van der Waals surface area contributed by atoms with Gasteiger partial charge in [-0.2, -0.15) is 0 Å². The summed E-state index contributed by atoms with van der Waals surface area (Å²) < 4.78 is 5.60. The topological polar surface area (TPSA) is 66.8 Å². The van der Waals surface area contributed by atoms with Gasteiger partial charge in [0.2, 0.25) is 0 Å². The van der Waals surface area contributed by atoms with Crippen LogP contribution in [-0.2, 0) is 0 Å². The van der Waals surface area contributed by atoms with E-state index in [2.05, 4.69) is 0 Å². The van der Waals surface area contributed by atoms with E-state index in [4.69, 9.17) is 9.84 Å². The maximum Gasteiger partial charge on any atom is 0.339 e. The second-order valence-corrected chi connectivity index (χ2v) is 4.25. The average molecular weight is 220 g/mol. The van der Waals surface area contributed by atoms with E-state index < -0.39 is 11.6 Å². The van der Waals surface area contributed by atoms with Crippen molar-refractivity contribution in [3.8, 4) is 11.5 Å². The zero-order valence-electron chi connectivity index (χ0n) is 9.02. The minimum atomic E-state index is -1.15. The number of rotatable bonds is 1. The van der Waals surface area contributed by atoms with E-state index in [-0.39, 0.29) is 11.3 Å². The molecule has 16 heavy (non-hydrogen) atoms. The van der Waals surface area contributed by atoms with Crippen molar-refractivity contribution >= 4 is 12.0 Å². The first-order valence-electron chi connectivity index (χ1n) is 4.87. The summed E-state index contributed by atoms with van der Waals surface area (Å²) in [4.78, 5) is 10.8. The highest BCUT2D eigenvalue weighted by molar-refractivity contribution is 5.92. The number of ether oxygens (including phenoxy) is 1. The molecule has 0 aromatic heterocycles. The third-order valence-corrected chi connectivity index (χ3v) is 2.40. The number of fused-ring (bicyclic) bond motifs is 1. The van der Waals surface area contributed by atoms with E-state index in [0.29, 0.717) is 11.3 Å². The van der Waals surface area contributed by atoms with Crippen molar-refractivity contribution in [2.24, 2.45) is 0 Å². The fourth-order valence-corrected chi connectivity index (χ4v) is 1.58. The average Bonchev–Trinajstić information content (AvgIpc) is 2.14. The molecule has 1 heterocycles. The molecule has 0 fully saturated rings. The Bertz CT molecular complexity index is 486. The van der Waals surface area contributed by atoms with Crippen LogP contribution >= 0.6 is 0 Å². The number of aromatic carboxylic acids is 1. The largest absolute Gasteiger partial charge is 0.507 e. The fraction of sp³-hybridized carbons (Fsp3) is 0.250. The predicted molar refractivity (Wildman–Crippen MR) is 58.8 cm³/mol. The summed E-state index contributed by atoms with van der Waals surface area (Å²) in [5, 5.41) is 18.4. The molecule has 0 radical (unpaired) electrons. The van der Waals surface area contributed by atoms with E-state index in [1.165, 1.54) is 12.1 Å². The maximum absolute atomic E-state index is 10.8. The summed E-state index contributed by atoms with van der Waals surface area (Å²) in [5.41, 5.74) is 0.103. The summed E-state index contributed by atoms with van der Waals surface area (Å²) in [6, 6.07) is 2.74. The van der Waals surface area contributed by atoms with E-state index in [1.807, 2.05) is 19.9 Å². The van der Waals surface area contributed by atoms with Crippen LogP contribution in [0.3, 0.4) is 0 Å². The van der Waals surface area contributed by atoms with Gasteiger partial charge in [0.05, 0.1) is 0 Å². The Morgan fingerprint density at radius 3 is 2.69 bits per heavy atom. The summed E-state index contributed by atoms with van der Waals surface area (Å²) in [6.45, 7) is 3.77.